The Morgan fingerprint density at radius 3 is 2.21 bits per heavy atom. The third-order valence-corrected chi connectivity index (χ3v) is 5.49. The van der Waals surface area contributed by atoms with Crippen molar-refractivity contribution in [3.8, 4) is 0 Å². The van der Waals surface area contributed by atoms with Gasteiger partial charge in [0.25, 0.3) is 0 Å². The highest BCUT2D eigenvalue weighted by atomic mass is 79.9. The summed E-state index contributed by atoms with van der Waals surface area (Å²) in [4.78, 5) is 2.64. The second-order valence-corrected chi connectivity index (χ2v) is 8.01. The van der Waals surface area contributed by atoms with Gasteiger partial charge in [0.15, 0.2) is 0 Å². The first-order valence-corrected chi connectivity index (χ1v) is 9.69. The van der Waals surface area contributed by atoms with Gasteiger partial charge in [-0.1, -0.05) is 57.9 Å². The molecule has 24 heavy (non-hydrogen) atoms. The maximum atomic E-state index is 6.12. The van der Waals surface area contributed by atoms with Crippen molar-refractivity contribution in [2.75, 3.05) is 0 Å². The van der Waals surface area contributed by atoms with Gasteiger partial charge in [0.05, 0.1) is 0 Å². The first-order valence-electron chi connectivity index (χ1n) is 8.90. The molecule has 2 nitrogen and oxygen atoms in total. The van der Waals surface area contributed by atoms with Gasteiger partial charge in [-0.15, -0.1) is 0 Å². The van der Waals surface area contributed by atoms with Crippen LogP contribution in [0.4, 0.5) is 0 Å². The quantitative estimate of drug-likeness (QED) is 0.780. The molecule has 0 amide bonds. The summed E-state index contributed by atoms with van der Waals surface area (Å²) in [5.74, 6) is 0. The average Bonchev–Trinajstić information content (AvgIpc) is 2.55. The van der Waals surface area contributed by atoms with Crippen molar-refractivity contribution in [3.63, 3.8) is 0 Å². The van der Waals surface area contributed by atoms with Crippen LogP contribution in [0.1, 0.15) is 42.4 Å². The third kappa shape index (κ3) is 4.92. The Kier molecular flexibility index (Phi) is 6.09. The van der Waals surface area contributed by atoms with Gasteiger partial charge in [-0.3, -0.25) is 4.90 Å². The highest BCUT2D eigenvalue weighted by molar-refractivity contribution is 9.10. The van der Waals surface area contributed by atoms with E-state index in [2.05, 4.69) is 76.3 Å². The molecule has 0 heterocycles. The zero-order valence-electron chi connectivity index (χ0n) is 14.4. The van der Waals surface area contributed by atoms with E-state index in [4.69, 9.17) is 5.73 Å². The molecule has 2 aromatic rings. The predicted molar refractivity (Wildman–Crippen MR) is 105 cm³/mol. The number of hydrogen-bond acceptors (Lipinski definition) is 2. The normalized spacial score (nSPS) is 21.2. The van der Waals surface area contributed by atoms with E-state index in [1.54, 1.807) is 0 Å². The molecule has 0 spiro atoms. The molecular weight excluding hydrogens is 360 g/mol. The number of aryl methyl sites for hydroxylation is 1. The summed E-state index contributed by atoms with van der Waals surface area (Å²) in [6.45, 7) is 4.17. The molecule has 3 rings (SSSR count). The van der Waals surface area contributed by atoms with Crippen LogP contribution in [0.5, 0.6) is 0 Å². The topological polar surface area (TPSA) is 29.3 Å². The summed E-state index contributed by atoms with van der Waals surface area (Å²) in [7, 11) is 0. The molecule has 0 aliphatic heterocycles. The maximum Gasteiger partial charge on any atom is 0.0240 e. The average molecular weight is 387 g/mol. The highest BCUT2D eigenvalue weighted by Gasteiger charge is 2.24. The summed E-state index contributed by atoms with van der Waals surface area (Å²) < 4.78 is 1.15. The van der Waals surface area contributed by atoms with Gasteiger partial charge >= 0.3 is 0 Å². The van der Waals surface area contributed by atoms with E-state index in [1.807, 2.05) is 0 Å². The summed E-state index contributed by atoms with van der Waals surface area (Å²) in [6, 6.07) is 18.6. The van der Waals surface area contributed by atoms with E-state index in [-0.39, 0.29) is 0 Å². The Morgan fingerprint density at radius 1 is 0.958 bits per heavy atom. The molecule has 1 saturated carbocycles. The van der Waals surface area contributed by atoms with Gasteiger partial charge in [-0.2, -0.15) is 0 Å². The monoisotopic (exact) mass is 386 g/mol. The van der Waals surface area contributed by atoms with Crippen molar-refractivity contribution in [1.82, 2.24) is 4.90 Å². The van der Waals surface area contributed by atoms with E-state index < -0.39 is 0 Å². The fourth-order valence-electron chi connectivity index (χ4n) is 3.70. The SMILES string of the molecule is Cc1cccc(CN(Cc2cccc(Br)c2)C2CCC(N)CC2)c1. The molecule has 0 aromatic heterocycles. The first-order chi connectivity index (χ1) is 11.6. The van der Waals surface area contributed by atoms with Crippen molar-refractivity contribution >= 4 is 15.9 Å². The lowest BCUT2D eigenvalue weighted by atomic mass is 9.90. The smallest absolute Gasteiger partial charge is 0.0240 e. The largest absolute Gasteiger partial charge is 0.328 e. The zero-order valence-corrected chi connectivity index (χ0v) is 16.0. The number of rotatable bonds is 5. The van der Waals surface area contributed by atoms with Crippen molar-refractivity contribution in [3.05, 3.63) is 69.7 Å². The molecule has 128 valence electrons. The molecule has 2 aromatic carbocycles. The second kappa shape index (κ2) is 8.28. The van der Waals surface area contributed by atoms with Gasteiger partial charge in [0.1, 0.15) is 0 Å². The van der Waals surface area contributed by atoms with Crippen molar-refractivity contribution < 1.29 is 0 Å². The Labute approximate surface area is 154 Å². The molecule has 3 heteroatoms. The summed E-state index contributed by atoms with van der Waals surface area (Å²) in [5.41, 5.74) is 10.2. The lowest BCUT2D eigenvalue weighted by Gasteiger charge is -2.36. The number of benzene rings is 2. The lowest BCUT2D eigenvalue weighted by molar-refractivity contribution is 0.134. The number of nitrogens with two attached hydrogens (primary N) is 1. The van der Waals surface area contributed by atoms with Crippen molar-refractivity contribution in [2.45, 2.75) is 57.8 Å². The molecule has 1 aliphatic rings. The van der Waals surface area contributed by atoms with E-state index in [0.717, 1.165) is 30.4 Å². The van der Waals surface area contributed by atoms with E-state index in [0.29, 0.717) is 12.1 Å². The van der Waals surface area contributed by atoms with Crippen molar-refractivity contribution in [2.24, 2.45) is 5.73 Å². The molecule has 2 N–H and O–H groups in total. The van der Waals surface area contributed by atoms with Crippen molar-refractivity contribution in [1.29, 1.82) is 0 Å². The van der Waals surface area contributed by atoms with Gasteiger partial charge in [0, 0.05) is 29.6 Å². The van der Waals surface area contributed by atoms with E-state index >= 15 is 0 Å². The molecule has 0 unspecified atom stereocenters. The number of halogens is 1. The summed E-state index contributed by atoms with van der Waals surface area (Å²) in [6.07, 6.45) is 4.71. The van der Waals surface area contributed by atoms with Crippen LogP contribution >= 0.6 is 15.9 Å². The molecule has 0 bridgehead atoms. The molecular formula is C21H27BrN2. The minimum Gasteiger partial charge on any atom is -0.328 e. The van der Waals surface area contributed by atoms with Crippen LogP contribution in [-0.4, -0.2) is 17.0 Å². The minimum atomic E-state index is 0.396. The van der Waals surface area contributed by atoms with Crippen LogP contribution in [0, 0.1) is 6.92 Å². The van der Waals surface area contributed by atoms with Gasteiger partial charge < -0.3 is 5.73 Å². The standard InChI is InChI=1S/C21H27BrN2/c1-16-4-2-5-17(12-16)14-24(21-10-8-20(23)9-11-21)15-18-6-3-7-19(22)13-18/h2-7,12-13,20-21H,8-11,14-15,23H2,1H3. The summed E-state index contributed by atoms with van der Waals surface area (Å²) >= 11 is 3.60. The number of nitrogens with zero attached hydrogens (tertiary/aromatic N) is 1. The van der Waals surface area contributed by atoms with Gasteiger partial charge in [-0.05, 0) is 55.9 Å². The van der Waals surface area contributed by atoms with Crippen LogP contribution in [-0.2, 0) is 13.1 Å². The number of hydrogen-bond donors (Lipinski definition) is 1. The molecule has 0 saturated heterocycles. The van der Waals surface area contributed by atoms with Crippen LogP contribution in [0.3, 0.4) is 0 Å². The maximum absolute atomic E-state index is 6.12. The molecule has 0 radical (unpaired) electrons. The lowest BCUT2D eigenvalue weighted by Crippen LogP contribution is -2.40. The first kappa shape index (κ1) is 17.7. The van der Waals surface area contributed by atoms with Gasteiger partial charge in [-0.25, -0.2) is 0 Å². The van der Waals surface area contributed by atoms with E-state index in [9.17, 15) is 0 Å². The second-order valence-electron chi connectivity index (χ2n) is 7.09. The predicted octanol–water partition coefficient (Wildman–Crippen LogP) is 5.03. The minimum absolute atomic E-state index is 0.396. The Morgan fingerprint density at radius 2 is 1.58 bits per heavy atom. The fraction of sp³-hybridized carbons (Fsp3) is 0.429. The Hall–Kier alpha value is -1.16. The Balaban J connectivity index is 1.77. The van der Waals surface area contributed by atoms with Crippen LogP contribution in [0.2, 0.25) is 0 Å². The Bertz CT molecular complexity index is 615. The van der Waals surface area contributed by atoms with Crippen LogP contribution in [0.25, 0.3) is 0 Å². The van der Waals surface area contributed by atoms with Crippen LogP contribution in [0.15, 0.2) is 53.0 Å². The summed E-state index contributed by atoms with van der Waals surface area (Å²) in [5, 5.41) is 0. The molecule has 1 fully saturated rings. The third-order valence-electron chi connectivity index (χ3n) is 5.00. The highest BCUT2D eigenvalue weighted by Crippen LogP contribution is 2.26. The van der Waals surface area contributed by atoms with Gasteiger partial charge in [0.2, 0.25) is 0 Å². The fourth-order valence-corrected chi connectivity index (χ4v) is 4.14. The van der Waals surface area contributed by atoms with Crippen LogP contribution < -0.4 is 5.73 Å². The zero-order chi connectivity index (χ0) is 16.9. The van der Waals surface area contributed by atoms with E-state index in [1.165, 1.54) is 29.5 Å². The molecule has 0 atom stereocenters. The molecule has 1 aliphatic carbocycles.